The van der Waals surface area contributed by atoms with Crippen molar-refractivity contribution in [2.24, 2.45) is 5.16 Å². The summed E-state index contributed by atoms with van der Waals surface area (Å²) >= 11 is 0. The van der Waals surface area contributed by atoms with Gasteiger partial charge in [0.05, 0.1) is 22.4 Å². The van der Waals surface area contributed by atoms with Crippen LogP contribution in [0.1, 0.15) is 35.4 Å². The van der Waals surface area contributed by atoms with Gasteiger partial charge in [-0.1, -0.05) is 78.0 Å². The lowest BCUT2D eigenvalue weighted by molar-refractivity contribution is -0.129. The van der Waals surface area contributed by atoms with Crippen LogP contribution in [0.3, 0.4) is 0 Å². The molecule has 6 aromatic rings. The first-order chi connectivity index (χ1) is 23.1. The van der Waals surface area contributed by atoms with E-state index in [-0.39, 0.29) is 6.10 Å². The highest BCUT2D eigenvalue weighted by atomic mass is 16.6. The second-order valence-corrected chi connectivity index (χ2v) is 11.2. The molecule has 0 aliphatic carbocycles. The molecule has 0 amide bonds. The summed E-state index contributed by atoms with van der Waals surface area (Å²) in [6, 6.07) is 40.1. The van der Waals surface area contributed by atoms with E-state index in [4.69, 9.17) is 19.4 Å². The summed E-state index contributed by atoms with van der Waals surface area (Å²) in [5.74, 6) is 0.389. The van der Waals surface area contributed by atoms with Crippen LogP contribution in [0.5, 0.6) is 11.5 Å². The Hall–Kier alpha value is -5.76. The fraction of sp³-hybridized carbons (Fsp3) is 0.179. The van der Waals surface area contributed by atoms with Gasteiger partial charge in [-0.15, -0.1) is 0 Å². The monoisotopic (exact) mass is 625 g/mol. The van der Waals surface area contributed by atoms with Crippen LogP contribution < -0.4 is 9.47 Å². The number of para-hydroxylation sites is 2. The maximum atomic E-state index is 10.9. The molecule has 0 saturated heterocycles. The number of hydrogen-bond acceptors (Lipinski definition) is 7. The molecule has 0 bridgehead atoms. The number of hydrogen-bond donors (Lipinski definition) is 1. The number of aromatic nitrogens is 2. The maximum Gasteiger partial charge on any atom is 0.350 e. The molecule has 0 fully saturated rings. The number of oxime groups is 1. The van der Waals surface area contributed by atoms with E-state index in [0.717, 1.165) is 74.9 Å². The van der Waals surface area contributed by atoms with E-state index in [1.54, 1.807) is 0 Å². The molecule has 0 atom stereocenters. The van der Waals surface area contributed by atoms with Gasteiger partial charge in [0, 0.05) is 10.8 Å². The number of fused-ring (bicyclic) bond motifs is 2. The van der Waals surface area contributed by atoms with Crippen LogP contribution in [0.15, 0.2) is 126 Å². The number of carbonyl (C=O) groups is 1. The second-order valence-electron chi connectivity index (χ2n) is 11.2. The van der Waals surface area contributed by atoms with Crippen LogP contribution in [0.4, 0.5) is 0 Å². The Bertz CT molecular complexity index is 1830. The Kier molecular flexibility index (Phi) is 10.3. The number of aryl methyl sites for hydroxylation is 2. The molecule has 236 valence electrons. The first-order valence-corrected chi connectivity index (χ1v) is 15.6. The number of pyridine rings is 2. The van der Waals surface area contributed by atoms with E-state index < -0.39 is 5.97 Å². The molecule has 0 spiro atoms. The van der Waals surface area contributed by atoms with Crippen LogP contribution in [0.2, 0.25) is 0 Å². The number of carboxylic acids is 1. The minimum absolute atomic E-state index is 0.254. The minimum Gasteiger partial charge on any atom is -0.487 e. The third-order valence-corrected chi connectivity index (χ3v) is 7.82. The van der Waals surface area contributed by atoms with Crippen molar-refractivity contribution in [3.05, 3.63) is 144 Å². The SMILES string of the molecule is O=C(O)/C=N/OC(CCc1ccc(OCc2ccc3ccccc3n2)cc1)CCc1ccc(OCc2ccc3ccccc3n2)cc1. The molecule has 8 heteroatoms. The molecule has 1 N–H and O–H groups in total. The molecule has 2 heterocycles. The molecule has 47 heavy (non-hydrogen) atoms. The molecular formula is C39H35N3O5. The number of benzene rings is 4. The molecule has 0 aliphatic rings. The summed E-state index contributed by atoms with van der Waals surface area (Å²) in [7, 11) is 0. The quantitative estimate of drug-likeness (QED) is 0.0912. The van der Waals surface area contributed by atoms with Crippen LogP contribution in [0, 0.1) is 0 Å². The standard InChI is InChI=1S/C39H35N3O5/c43-39(44)25-40-47-36(23-13-28-9-19-34(20-10-28)45-26-32-17-15-30-5-1-3-7-37(30)41-32)24-14-29-11-21-35(22-12-29)46-27-33-18-16-31-6-2-4-8-38(31)42-33/h1-12,15-22,25,36H,13-14,23-24,26-27H2,(H,43,44)/b40-25+. The van der Waals surface area contributed by atoms with Gasteiger partial charge < -0.3 is 19.4 Å². The lowest BCUT2D eigenvalue weighted by atomic mass is 10.0. The molecule has 4 aromatic carbocycles. The average Bonchev–Trinajstić information content (AvgIpc) is 3.11. The van der Waals surface area contributed by atoms with Gasteiger partial charge in [-0.05, 0) is 85.3 Å². The van der Waals surface area contributed by atoms with Crippen LogP contribution in [-0.2, 0) is 35.7 Å². The molecule has 0 radical (unpaired) electrons. The summed E-state index contributed by atoms with van der Waals surface area (Å²) in [6.45, 7) is 0.771. The minimum atomic E-state index is -1.15. The van der Waals surface area contributed by atoms with Gasteiger partial charge in [-0.3, -0.25) is 0 Å². The third-order valence-electron chi connectivity index (χ3n) is 7.82. The van der Waals surface area contributed by atoms with Crippen molar-refractivity contribution >= 4 is 34.0 Å². The van der Waals surface area contributed by atoms with E-state index in [9.17, 15) is 4.79 Å². The first kappa shape index (κ1) is 31.2. The van der Waals surface area contributed by atoms with Crippen LogP contribution >= 0.6 is 0 Å². The zero-order valence-electron chi connectivity index (χ0n) is 25.9. The van der Waals surface area contributed by atoms with Crippen molar-refractivity contribution in [2.75, 3.05) is 0 Å². The Labute approximate surface area is 273 Å². The van der Waals surface area contributed by atoms with Gasteiger partial charge >= 0.3 is 5.97 Å². The Morgan fingerprint density at radius 2 is 1.11 bits per heavy atom. The predicted octanol–water partition coefficient (Wildman–Crippen LogP) is 7.96. The van der Waals surface area contributed by atoms with Crippen molar-refractivity contribution < 1.29 is 24.2 Å². The second kappa shape index (κ2) is 15.5. The number of rotatable bonds is 15. The zero-order valence-corrected chi connectivity index (χ0v) is 25.9. The third kappa shape index (κ3) is 9.14. The van der Waals surface area contributed by atoms with E-state index in [1.165, 1.54) is 0 Å². The van der Waals surface area contributed by atoms with Crippen molar-refractivity contribution in [1.82, 2.24) is 9.97 Å². The van der Waals surface area contributed by atoms with E-state index >= 15 is 0 Å². The Balaban J connectivity index is 0.985. The van der Waals surface area contributed by atoms with Crippen molar-refractivity contribution in [3.8, 4) is 11.5 Å². The number of nitrogens with zero attached hydrogens (tertiary/aromatic N) is 3. The maximum absolute atomic E-state index is 10.9. The summed E-state index contributed by atoms with van der Waals surface area (Å²) in [6.07, 6.45) is 3.37. The van der Waals surface area contributed by atoms with Gasteiger partial charge in [0.1, 0.15) is 30.8 Å². The number of ether oxygens (including phenoxy) is 2. The smallest absolute Gasteiger partial charge is 0.350 e. The predicted molar refractivity (Wildman–Crippen MR) is 183 cm³/mol. The highest BCUT2D eigenvalue weighted by Crippen LogP contribution is 2.21. The number of aliphatic carboxylic acids is 1. The van der Waals surface area contributed by atoms with Gasteiger partial charge in [0.15, 0.2) is 6.21 Å². The van der Waals surface area contributed by atoms with Crippen molar-refractivity contribution in [2.45, 2.75) is 45.0 Å². The Morgan fingerprint density at radius 3 is 1.57 bits per heavy atom. The highest BCUT2D eigenvalue weighted by molar-refractivity contribution is 6.21. The summed E-state index contributed by atoms with van der Waals surface area (Å²) in [5, 5.41) is 14.9. The van der Waals surface area contributed by atoms with Gasteiger partial charge in [-0.25, -0.2) is 14.8 Å². The van der Waals surface area contributed by atoms with E-state index in [1.807, 2.05) is 109 Å². The van der Waals surface area contributed by atoms with Crippen LogP contribution in [0.25, 0.3) is 21.8 Å². The molecule has 0 saturated carbocycles. The van der Waals surface area contributed by atoms with Crippen LogP contribution in [-0.4, -0.2) is 33.4 Å². The fourth-order valence-corrected chi connectivity index (χ4v) is 5.26. The van der Waals surface area contributed by atoms with Gasteiger partial charge in [-0.2, -0.15) is 0 Å². The molecular weight excluding hydrogens is 590 g/mol. The van der Waals surface area contributed by atoms with Crippen molar-refractivity contribution in [1.29, 1.82) is 0 Å². The van der Waals surface area contributed by atoms with Gasteiger partial charge in [0.25, 0.3) is 0 Å². The van der Waals surface area contributed by atoms with E-state index in [2.05, 4.69) is 27.3 Å². The number of carboxylic acid groups (broad SMARTS) is 1. The molecule has 6 rings (SSSR count). The summed E-state index contributed by atoms with van der Waals surface area (Å²) < 4.78 is 11.9. The molecule has 8 nitrogen and oxygen atoms in total. The topological polar surface area (TPSA) is 103 Å². The fourth-order valence-electron chi connectivity index (χ4n) is 5.26. The highest BCUT2D eigenvalue weighted by Gasteiger charge is 2.12. The van der Waals surface area contributed by atoms with E-state index in [0.29, 0.717) is 26.1 Å². The largest absolute Gasteiger partial charge is 0.487 e. The zero-order chi connectivity index (χ0) is 32.3. The average molecular weight is 626 g/mol. The molecule has 2 aromatic heterocycles. The summed E-state index contributed by atoms with van der Waals surface area (Å²) in [5.41, 5.74) is 5.89. The normalized spacial score (nSPS) is 11.3. The molecule has 0 aliphatic heterocycles. The molecule has 0 unspecified atom stereocenters. The van der Waals surface area contributed by atoms with Gasteiger partial charge in [0.2, 0.25) is 0 Å². The van der Waals surface area contributed by atoms with Crippen molar-refractivity contribution in [3.63, 3.8) is 0 Å². The lowest BCUT2D eigenvalue weighted by Gasteiger charge is -2.15. The lowest BCUT2D eigenvalue weighted by Crippen LogP contribution is -2.13. The summed E-state index contributed by atoms with van der Waals surface area (Å²) in [4.78, 5) is 25.9. The first-order valence-electron chi connectivity index (χ1n) is 15.6. The Morgan fingerprint density at radius 1 is 0.638 bits per heavy atom.